The summed E-state index contributed by atoms with van der Waals surface area (Å²) >= 11 is 0. The van der Waals surface area contributed by atoms with E-state index in [-0.39, 0.29) is 0 Å². The number of hydrogen-bond acceptors (Lipinski definition) is 1. The first kappa shape index (κ1) is 44.1. The van der Waals surface area contributed by atoms with Crippen LogP contribution in [0.1, 0.15) is 84.8 Å². The molecule has 0 spiro atoms. The second kappa shape index (κ2) is 25.7. The number of nitrogens with zero attached hydrogens (tertiary/aromatic N) is 1. The fourth-order valence-corrected chi connectivity index (χ4v) is 6.81. The van der Waals surface area contributed by atoms with Gasteiger partial charge in [0.25, 0.3) is 0 Å². The van der Waals surface area contributed by atoms with Crippen molar-refractivity contribution in [2.75, 3.05) is 0 Å². The van der Waals surface area contributed by atoms with Crippen LogP contribution in [-0.4, -0.2) is 12.3 Å². The Kier molecular flexibility index (Phi) is 20.6. The van der Waals surface area contributed by atoms with Crippen LogP contribution in [0.2, 0.25) is 0 Å². The second-order valence-electron chi connectivity index (χ2n) is 14.1. The van der Waals surface area contributed by atoms with Gasteiger partial charge in [0.1, 0.15) is 0 Å². The third kappa shape index (κ3) is 15.9. The zero-order valence-corrected chi connectivity index (χ0v) is 34.5. The van der Waals surface area contributed by atoms with Crippen LogP contribution in [0.3, 0.4) is 0 Å². The van der Waals surface area contributed by atoms with Gasteiger partial charge < -0.3 is 0 Å². The summed E-state index contributed by atoms with van der Waals surface area (Å²) in [5, 5.41) is 0. The van der Waals surface area contributed by atoms with E-state index in [1.165, 1.54) is 51.8 Å². The molecule has 1 aliphatic rings. The molecule has 0 saturated carbocycles. The molecule has 3 aromatic carbocycles. The first-order chi connectivity index (χ1) is 26.8. The third-order valence-corrected chi connectivity index (χ3v) is 9.87. The summed E-state index contributed by atoms with van der Waals surface area (Å²) in [5.41, 5.74) is 11.2. The van der Waals surface area contributed by atoms with Gasteiger partial charge >= 0.3 is 0 Å². The number of hydrogen-bond donors (Lipinski definition) is 0. The van der Waals surface area contributed by atoms with Crippen molar-refractivity contribution in [2.45, 2.75) is 86.1 Å². The van der Waals surface area contributed by atoms with Gasteiger partial charge in [-0.1, -0.05) is 214 Å². The molecular formula is C54H65N. The maximum absolute atomic E-state index is 5.16. The van der Waals surface area contributed by atoms with Crippen molar-refractivity contribution >= 4 is 11.8 Å². The van der Waals surface area contributed by atoms with E-state index >= 15 is 0 Å². The molecule has 3 atom stereocenters. The molecule has 286 valence electrons. The minimum Gasteiger partial charge on any atom is -0.289 e. The standard InChI is InChI=1S/C27H41N.C27H24/c1-7-12-15-25(11-5)26(14-9-3)27(28-21-23(10-4)13-8-2)20-24-18-16-22(6)17-19-24;1-3-10-24(25-11-6-4-7-12-25)18-15-22(2)21-23-16-19-27(20-17-23)26-13-8-5-9-14-26/h7-8,10,12-13,15-18,21,24,26-27H,9,11,14,19-20H2,1-6H3;3-20H,1-2,21H2/b12-7-,13-8-,23-10+,25-15+,28-21?;18-15-,24-10+/t24?,26-,27?;/m0./s1. The lowest BCUT2D eigenvalue weighted by Crippen LogP contribution is -2.24. The summed E-state index contributed by atoms with van der Waals surface area (Å²) < 4.78 is 0. The second-order valence-corrected chi connectivity index (χ2v) is 14.1. The molecule has 1 aliphatic carbocycles. The van der Waals surface area contributed by atoms with Gasteiger partial charge in [-0.05, 0) is 99.1 Å². The van der Waals surface area contributed by atoms with Crippen molar-refractivity contribution < 1.29 is 0 Å². The van der Waals surface area contributed by atoms with Gasteiger partial charge in [0.05, 0.1) is 6.04 Å². The molecule has 1 nitrogen and oxygen atoms in total. The van der Waals surface area contributed by atoms with E-state index in [1.807, 2.05) is 36.4 Å². The first-order valence-corrected chi connectivity index (χ1v) is 20.2. The Labute approximate surface area is 335 Å². The van der Waals surface area contributed by atoms with Crippen LogP contribution >= 0.6 is 0 Å². The molecule has 55 heavy (non-hydrogen) atoms. The summed E-state index contributed by atoms with van der Waals surface area (Å²) in [6.45, 7) is 21.0. The van der Waals surface area contributed by atoms with Crippen LogP contribution in [0.4, 0.5) is 0 Å². The topological polar surface area (TPSA) is 12.4 Å². The zero-order valence-electron chi connectivity index (χ0n) is 34.5. The van der Waals surface area contributed by atoms with Crippen LogP contribution in [0.5, 0.6) is 0 Å². The highest BCUT2D eigenvalue weighted by molar-refractivity contribution is 5.82. The van der Waals surface area contributed by atoms with E-state index in [0.717, 1.165) is 36.8 Å². The van der Waals surface area contributed by atoms with Gasteiger partial charge in [-0.15, -0.1) is 0 Å². The molecule has 1 heteroatoms. The van der Waals surface area contributed by atoms with Gasteiger partial charge in [0, 0.05) is 12.1 Å². The highest BCUT2D eigenvalue weighted by Gasteiger charge is 2.25. The highest BCUT2D eigenvalue weighted by Crippen LogP contribution is 2.32. The number of allylic oxidation sites excluding steroid dienone is 17. The fourth-order valence-electron chi connectivity index (χ4n) is 6.81. The number of benzene rings is 3. The number of rotatable bonds is 18. The Hall–Kier alpha value is -5.27. The quantitative estimate of drug-likeness (QED) is 0.0914. The molecule has 0 aliphatic heterocycles. The monoisotopic (exact) mass is 728 g/mol. The van der Waals surface area contributed by atoms with E-state index in [0.29, 0.717) is 17.9 Å². The average molecular weight is 728 g/mol. The smallest absolute Gasteiger partial charge is 0.0570 e. The SMILES string of the molecule is C/C=C\C=C(/CC)[C@H](CCC)C(CC1C=CC(C)=CC1)N=CC(/C=C\C)=C/C.C=C/C=C(\C=C/C(=C)Cc1ccc(-c2ccccc2)cc1)c1ccccc1. The molecular weight excluding hydrogens is 663 g/mol. The van der Waals surface area contributed by atoms with E-state index in [2.05, 4.69) is 188 Å². The third-order valence-electron chi connectivity index (χ3n) is 9.87. The maximum Gasteiger partial charge on any atom is 0.0570 e. The summed E-state index contributed by atoms with van der Waals surface area (Å²) in [5.74, 6) is 1.09. The molecule has 3 aromatic rings. The molecule has 4 rings (SSSR count). The van der Waals surface area contributed by atoms with Crippen LogP contribution in [0, 0.1) is 11.8 Å². The van der Waals surface area contributed by atoms with Crippen molar-refractivity contribution in [1.29, 1.82) is 0 Å². The maximum atomic E-state index is 5.16. The van der Waals surface area contributed by atoms with Gasteiger partial charge in [-0.25, -0.2) is 0 Å². The Morgan fingerprint density at radius 2 is 1.53 bits per heavy atom. The van der Waals surface area contributed by atoms with Crippen molar-refractivity contribution in [3.05, 3.63) is 210 Å². The minimum absolute atomic E-state index is 0.318. The average Bonchev–Trinajstić information content (AvgIpc) is 3.22. The van der Waals surface area contributed by atoms with E-state index in [4.69, 9.17) is 4.99 Å². The molecule has 0 amide bonds. The molecule has 0 saturated heterocycles. The minimum atomic E-state index is 0.318. The van der Waals surface area contributed by atoms with Gasteiger partial charge in [0.2, 0.25) is 0 Å². The van der Waals surface area contributed by atoms with Crippen LogP contribution in [0.15, 0.2) is 204 Å². The lowest BCUT2D eigenvalue weighted by Gasteiger charge is -2.29. The largest absolute Gasteiger partial charge is 0.289 e. The summed E-state index contributed by atoms with van der Waals surface area (Å²) in [6, 6.07) is 29.8. The van der Waals surface area contributed by atoms with E-state index < -0.39 is 0 Å². The molecule has 0 N–H and O–H groups in total. The van der Waals surface area contributed by atoms with Crippen molar-refractivity contribution in [1.82, 2.24) is 0 Å². The lowest BCUT2D eigenvalue weighted by molar-refractivity contribution is 0.381. The van der Waals surface area contributed by atoms with Crippen molar-refractivity contribution in [3.8, 4) is 11.1 Å². The van der Waals surface area contributed by atoms with Crippen molar-refractivity contribution in [2.24, 2.45) is 16.8 Å². The zero-order chi connectivity index (χ0) is 39.7. The van der Waals surface area contributed by atoms with Crippen LogP contribution in [0.25, 0.3) is 16.7 Å². The summed E-state index contributed by atoms with van der Waals surface area (Å²) in [4.78, 5) is 5.16. The van der Waals surface area contributed by atoms with Crippen LogP contribution < -0.4 is 0 Å². The molecule has 0 aromatic heterocycles. The predicted molar refractivity (Wildman–Crippen MR) is 247 cm³/mol. The molecule has 0 heterocycles. The Balaban J connectivity index is 0.000000295. The normalized spacial score (nSPS) is 16.4. The van der Waals surface area contributed by atoms with E-state index in [1.54, 1.807) is 0 Å². The number of aliphatic imine (C=N–C) groups is 1. The summed E-state index contributed by atoms with van der Waals surface area (Å²) in [7, 11) is 0. The Bertz CT molecular complexity index is 1870. The van der Waals surface area contributed by atoms with Gasteiger partial charge in [-0.2, -0.15) is 0 Å². The summed E-state index contributed by atoms with van der Waals surface area (Å²) in [6.07, 6.45) is 36.7. The molecule has 2 unspecified atom stereocenters. The predicted octanol–water partition coefficient (Wildman–Crippen LogP) is 15.5. The van der Waals surface area contributed by atoms with Crippen LogP contribution in [-0.2, 0) is 6.42 Å². The Morgan fingerprint density at radius 3 is 2.11 bits per heavy atom. The lowest BCUT2D eigenvalue weighted by atomic mass is 9.80. The molecule has 0 radical (unpaired) electrons. The molecule has 0 bridgehead atoms. The van der Waals surface area contributed by atoms with E-state index in [9.17, 15) is 0 Å². The van der Waals surface area contributed by atoms with Crippen molar-refractivity contribution in [3.63, 3.8) is 0 Å². The van der Waals surface area contributed by atoms with Gasteiger partial charge in [-0.3, -0.25) is 4.99 Å². The Morgan fingerprint density at radius 1 is 0.836 bits per heavy atom. The fraction of sp³-hybridized carbons (Fsp3) is 0.278. The van der Waals surface area contributed by atoms with Gasteiger partial charge in [0.15, 0.2) is 0 Å². The molecule has 0 fully saturated rings. The highest BCUT2D eigenvalue weighted by atomic mass is 14.8. The first-order valence-electron chi connectivity index (χ1n) is 20.2.